The fourth-order valence-electron chi connectivity index (χ4n) is 1.22. The summed E-state index contributed by atoms with van der Waals surface area (Å²) in [7, 11) is 1.69. The van der Waals surface area contributed by atoms with E-state index in [1.165, 1.54) is 11.0 Å². The summed E-state index contributed by atoms with van der Waals surface area (Å²) in [6.07, 6.45) is -1.95. The van der Waals surface area contributed by atoms with Crippen LogP contribution in [0.25, 0.3) is 0 Å². The third-order valence-electron chi connectivity index (χ3n) is 2.00. The van der Waals surface area contributed by atoms with Crippen LogP contribution in [0.1, 0.15) is 11.5 Å². The van der Waals surface area contributed by atoms with Gasteiger partial charge >= 0.3 is 6.18 Å². The predicted molar refractivity (Wildman–Crippen MR) is 55.4 cm³/mol. The summed E-state index contributed by atoms with van der Waals surface area (Å²) >= 11 is 0. The maximum Gasteiger partial charge on any atom is 0.433 e. The second-order valence-electron chi connectivity index (χ2n) is 3.45. The minimum Gasteiger partial charge on any atom is -0.347 e. The monoisotopic (exact) mass is 258 g/mol. The first kappa shape index (κ1) is 12.3. The van der Waals surface area contributed by atoms with Gasteiger partial charge in [-0.2, -0.15) is 18.3 Å². The van der Waals surface area contributed by atoms with E-state index in [4.69, 9.17) is 0 Å². The average molecular weight is 258 g/mol. The molecule has 0 amide bonds. The number of alkyl halides is 3. The van der Waals surface area contributed by atoms with Gasteiger partial charge in [0.25, 0.3) is 0 Å². The van der Waals surface area contributed by atoms with Crippen LogP contribution in [0.5, 0.6) is 0 Å². The molecule has 2 aromatic rings. The standard InChI is InChI=1S/C9H9F3N6/c1-18-5-15-7(17-18)4-14-8-13-3-2-6(16-8)9(10,11)12/h2-3,5H,4H2,1H3,(H,13,14,16). The van der Waals surface area contributed by atoms with Crippen molar-refractivity contribution in [2.45, 2.75) is 12.7 Å². The Bertz CT molecular complexity index is 535. The molecule has 0 bridgehead atoms. The molecular weight excluding hydrogens is 249 g/mol. The Morgan fingerprint density at radius 1 is 1.33 bits per heavy atom. The van der Waals surface area contributed by atoms with Crippen molar-refractivity contribution in [3.8, 4) is 0 Å². The number of rotatable bonds is 3. The van der Waals surface area contributed by atoms with Crippen molar-refractivity contribution in [3.05, 3.63) is 30.1 Å². The van der Waals surface area contributed by atoms with Crippen molar-refractivity contribution in [2.24, 2.45) is 7.05 Å². The molecule has 0 aliphatic rings. The Balaban J connectivity index is 2.06. The molecule has 6 nitrogen and oxygen atoms in total. The smallest absolute Gasteiger partial charge is 0.347 e. The fourth-order valence-corrected chi connectivity index (χ4v) is 1.22. The molecule has 96 valence electrons. The lowest BCUT2D eigenvalue weighted by molar-refractivity contribution is -0.141. The molecule has 1 N–H and O–H groups in total. The lowest BCUT2D eigenvalue weighted by Gasteiger charge is -2.07. The summed E-state index contributed by atoms with van der Waals surface area (Å²) in [5.74, 6) is 0.329. The quantitative estimate of drug-likeness (QED) is 0.896. The van der Waals surface area contributed by atoms with E-state index in [0.717, 1.165) is 12.3 Å². The molecule has 0 saturated carbocycles. The molecule has 0 radical (unpaired) electrons. The van der Waals surface area contributed by atoms with Crippen LogP contribution in [0.3, 0.4) is 0 Å². The molecule has 0 aliphatic heterocycles. The Kier molecular flexibility index (Phi) is 3.13. The van der Waals surface area contributed by atoms with Crippen LogP contribution < -0.4 is 5.32 Å². The van der Waals surface area contributed by atoms with Crippen molar-refractivity contribution in [1.82, 2.24) is 24.7 Å². The lowest BCUT2D eigenvalue weighted by atomic mass is 10.4. The van der Waals surface area contributed by atoms with Gasteiger partial charge in [0.05, 0.1) is 6.54 Å². The van der Waals surface area contributed by atoms with E-state index >= 15 is 0 Å². The molecule has 0 spiro atoms. The van der Waals surface area contributed by atoms with Gasteiger partial charge in [0.2, 0.25) is 5.95 Å². The number of hydrogen-bond acceptors (Lipinski definition) is 5. The zero-order chi connectivity index (χ0) is 13.2. The Morgan fingerprint density at radius 2 is 2.11 bits per heavy atom. The van der Waals surface area contributed by atoms with E-state index in [1.54, 1.807) is 7.05 Å². The minimum atomic E-state index is -4.48. The van der Waals surface area contributed by atoms with Crippen LogP contribution >= 0.6 is 0 Å². The summed E-state index contributed by atoms with van der Waals surface area (Å²) in [5.41, 5.74) is -0.992. The molecule has 2 aromatic heterocycles. The molecule has 2 rings (SSSR count). The van der Waals surface area contributed by atoms with Crippen molar-refractivity contribution in [1.29, 1.82) is 0 Å². The molecule has 18 heavy (non-hydrogen) atoms. The number of anilines is 1. The number of nitrogens with zero attached hydrogens (tertiary/aromatic N) is 5. The van der Waals surface area contributed by atoms with Crippen LogP contribution in [-0.2, 0) is 19.8 Å². The topological polar surface area (TPSA) is 68.5 Å². The second-order valence-corrected chi connectivity index (χ2v) is 3.45. The zero-order valence-electron chi connectivity index (χ0n) is 9.31. The molecule has 0 fully saturated rings. The van der Waals surface area contributed by atoms with Gasteiger partial charge in [-0.1, -0.05) is 0 Å². The summed E-state index contributed by atoms with van der Waals surface area (Å²) in [6.45, 7) is 0.155. The van der Waals surface area contributed by atoms with E-state index in [1.807, 2.05) is 0 Å². The van der Waals surface area contributed by atoms with Gasteiger partial charge in [0.1, 0.15) is 12.0 Å². The summed E-state index contributed by atoms with van der Waals surface area (Å²) in [4.78, 5) is 11.0. The Hall–Kier alpha value is -2.19. The molecule has 0 aromatic carbocycles. The Morgan fingerprint density at radius 3 is 2.72 bits per heavy atom. The van der Waals surface area contributed by atoms with Crippen LogP contribution in [-0.4, -0.2) is 24.7 Å². The fraction of sp³-hybridized carbons (Fsp3) is 0.333. The molecule has 9 heteroatoms. The van der Waals surface area contributed by atoms with Crippen molar-refractivity contribution in [3.63, 3.8) is 0 Å². The van der Waals surface area contributed by atoms with Gasteiger partial charge in [-0.15, -0.1) is 0 Å². The highest BCUT2D eigenvalue weighted by Gasteiger charge is 2.32. The molecule has 0 saturated heterocycles. The van der Waals surface area contributed by atoms with E-state index in [-0.39, 0.29) is 12.5 Å². The highest BCUT2D eigenvalue weighted by molar-refractivity contribution is 5.26. The number of aryl methyl sites for hydroxylation is 1. The normalized spacial score (nSPS) is 11.6. The number of hydrogen-bond donors (Lipinski definition) is 1. The molecule has 0 aliphatic carbocycles. The Labute approximate surface area is 99.9 Å². The van der Waals surface area contributed by atoms with E-state index in [2.05, 4.69) is 25.4 Å². The van der Waals surface area contributed by atoms with Crippen molar-refractivity contribution >= 4 is 5.95 Å². The molecule has 2 heterocycles. The zero-order valence-corrected chi connectivity index (χ0v) is 9.31. The van der Waals surface area contributed by atoms with Gasteiger partial charge in [-0.3, -0.25) is 4.68 Å². The third kappa shape index (κ3) is 2.93. The van der Waals surface area contributed by atoms with Gasteiger partial charge in [-0.05, 0) is 6.07 Å². The highest BCUT2D eigenvalue weighted by atomic mass is 19.4. The SMILES string of the molecule is Cn1cnc(CNc2nccc(C(F)(F)F)n2)n1. The maximum absolute atomic E-state index is 12.4. The van der Waals surface area contributed by atoms with Gasteiger partial charge in [-0.25, -0.2) is 15.0 Å². The predicted octanol–water partition coefficient (Wildman–Crippen LogP) is 1.24. The van der Waals surface area contributed by atoms with Gasteiger partial charge < -0.3 is 5.32 Å². The van der Waals surface area contributed by atoms with Crippen LogP contribution in [0.2, 0.25) is 0 Å². The molecule has 0 unspecified atom stereocenters. The first-order valence-electron chi connectivity index (χ1n) is 4.94. The van der Waals surface area contributed by atoms with E-state index < -0.39 is 11.9 Å². The van der Waals surface area contributed by atoms with Crippen molar-refractivity contribution in [2.75, 3.05) is 5.32 Å². The largest absolute Gasteiger partial charge is 0.433 e. The minimum absolute atomic E-state index is 0.114. The summed E-state index contributed by atoms with van der Waals surface area (Å²) in [6, 6.07) is 0.810. The average Bonchev–Trinajstić information content (AvgIpc) is 2.72. The second kappa shape index (κ2) is 4.59. The molecular formula is C9H9F3N6. The highest BCUT2D eigenvalue weighted by Crippen LogP contribution is 2.27. The summed E-state index contributed by atoms with van der Waals surface area (Å²) in [5, 5.41) is 6.59. The number of nitrogens with one attached hydrogen (secondary N) is 1. The van der Waals surface area contributed by atoms with Gasteiger partial charge in [0.15, 0.2) is 5.82 Å². The van der Waals surface area contributed by atoms with E-state index in [0.29, 0.717) is 5.82 Å². The van der Waals surface area contributed by atoms with E-state index in [9.17, 15) is 13.2 Å². The number of aromatic nitrogens is 5. The first-order chi connectivity index (χ1) is 8.45. The van der Waals surface area contributed by atoms with Crippen LogP contribution in [0, 0.1) is 0 Å². The third-order valence-corrected chi connectivity index (χ3v) is 2.00. The molecule has 0 atom stereocenters. The lowest BCUT2D eigenvalue weighted by Crippen LogP contribution is -2.12. The van der Waals surface area contributed by atoms with Gasteiger partial charge in [0, 0.05) is 13.2 Å². The van der Waals surface area contributed by atoms with Crippen LogP contribution in [0.15, 0.2) is 18.6 Å². The van der Waals surface area contributed by atoms with Crippen LogP contribution in [0.4, 0.5) is 19.1 Å². The first-order valence-corrected chi connectivity index (χ1v) is 4.94. The summed E-state index contributed by atoms with van der Waals surface area (Å²) < 4.78 is 38.7. The number of halogens is 3. The van der Waals surface area contributed by atoms with Crippen molar-refractivity contribution < 1.29 is 13.2 Å². The maximum atomic E-state index is 12.4.